The van der Waals surface area contributed by atoms with Gasteiger partial charge in [-0.2, -0.15) is 0 Å². The van der Waals surface area contributed by atoms with Crippen LogP contribution in [-0.4, -0.2) is 23.2 Å². The van der Waals surface area contributed by atoms with Crippen LogP contribution in [0.4, 0.5) is 5.69 Å². The zero-order chi connectivity index (χ0) is 19.6. The largest absolute Gasteiger partial charge is 0.379 e. The van der Waals surface area contributed by atoms with Crippen LogP contribution < -0.4 is 0 Å². The van der Waals surface area contributed by atoms with Crippen LogP contribution >= 0.6 is 0 Å². The van der Waals surface area contributed by atoms with Gasteiger partial charge in [0.05, 0.1) is 4.92 Å². The standard InChI is InChI=1S/C20H28N2O3Si/c1-14(2)26(15(3)4,16(5)6)21-12-11-18(13-21)20(23)17-7-9-19(10-8-17)22(24)25/h7-16H,1-6H3. The number of aromatic nitrogens is 1. The van der Waals surface area contributed by atoms with Crippen molar-refractivity contribution in [3.63, 3.8) is 0 Å². The fourth-order valence-corrected chi connectivity index (χ4v) is 11.1. The number of benzene rings is 1. The summed E-state index contributed by atoms with van der Waals surface area (Å²) in [6, 6.07) is 7.67. The first kappa shape index (κ1) is 20.1. The Morgan fingerprint density at radius 2 is 1.42 bits per heavy atom. The predicted octanol–water partition coefficient (Wildman–Crippen LogP) is 5.65. The molecular formula is C20H28N2O3Si. The van der Waals surface area contributed by atoms with Crippen LogP contribution in [-0.2, 0) is 0 Å². The Balaban J connectivity index is 2.41. The fraction of sp³-hybridized carbons (Fsp3) is 0.450. The first-order chi connectivity index (χ1) is 12.1. The topological polar surface area (TPSA) is 65.1 Å². The first-order valence-corrected chi connectivity index (χ1v) is 11.3. The molecule has 0 amide bonds. The van der Waals surface area contributed by atoms with E-state index in [0.717, 1.165) is 0 Å². The van der Waals surface area contributed by atoms with Crippen LogP contribution in [0.1, 0.15) is 57.5 Å². The lowest BCUT2D eigenvalue weighted by Gasteiger charge is -2.44. The second-order valence-electron chi connectivity index (χ2n) is 7.79. The molecule has 0 saturated carbocycles. The van der Waals surface area contributed by atoms with Gasteiger partial charge in [-0.3, -0.25) is 14.9 Å². The van der Waals surface area contributed by atoms with E-state index in [-0.39, 0.29) is 11.5 Å². The predicted molar refractivity (Wildman–Crippen MR) is 107 cm³/mol. The smallest absolute Gasteiger partial charge is 0.269 e. The zero-order valence-electron chi connectivity index (χ0n) is 16.4. The molecule has 2 rings (SSSR count). The molecule has 0 radical (unpaired) electrons. The van der Waals surface area contributed by atoms with Gasteiger partial charge in [-0.15, -0.1) is 0 Å². The molecule has 6 heteroatoms. The van der Waals surface area contributed by atoms with Gasteiger partial charge in [0.25, 0.3) is 5.69 Å². The Kier molecular flexibility index (Phi) is 5.86. The maximum Gasteiger partial charge on any atom is 0.269 e. The molecule has 0 unspecified atom stereocenters. The molecule has 0 aliphatic heterocycles. The van der Waals surface area contributed by atoms with E-state index in [1.807, 2.05) is 18.5 Å². The minimum atomic E-state index is -1.88. The van der Waals surface area contributed by atoms with E-state index in [1.165, 1.54) is 24.3 Å². The van der Waals surface area contributed by atoms with Crippen molar-refractivity contribution in [1.29, 1.82) is 0 Å². The van der Waals surface area contributed by atoms with Gasteiger partial charge in [0.1, 0.15) is 0 Å². The van der Waals surface area contributed by atoms with Crippen LogP contribution in [0.2, 0.25) is 16.6 Å². The molecule has 0 spiro atoms. The van der Waals surface area contributed by atoms with Crippen LogP contribution in [0.15, 0.2) is 42.7 Å². The Bertz CT molecular complexity index is 770. The summed E-state index contributed by atoms with van der Waals surface area (Å²) in [5.41, 5.74) is 2.72. The third-order valence-electron chi connectivity index (χ3n) is 5.52. The van der Waals surface area contributed by atoms with Crippen LogP contribution in [0.25, 0.3) is 0 Å². The quantitative estimate of drug-likeness (QED) is 0.273. The lowest BCUT2D eigenvalue weighted by Crippen LogP contribution is -2.51. The Hall–Kier alpha value is -2.21. The number of hydrogen-bond acceptors (Lipinski definition) is 3. The Morgan fingerprint density at radius 3 is 1.85 bits per heavy atom. The summed E-state index contributed by atoms with van der Waals surface area (Å²) in [6.07, 6.45) is 4.03. The van der Waals surface area contributed by atoms with E-state index >= 15 is 0 Å². The van der Waals surface area contributed by atoms with Crippen LogP contribution in [0.3, 0.4) is 0 Å². The van der Waals surface area contributed by atoms with Crippen molar-refractivity contribution in [3.8, 4) is 0 Å². The summed E-state index contributed by atoms with van der Waals surface area (Å²) in [5, 5.41) is 10.8. The van der Waals surface area contributed by atoms with Crippen molar-refractivity contribution in [1.82, 2.24) is 4.23 Å². The number of nitro benzene ring substituents is 1. The van der Waals surface area contributed by atoms with Crippen molar-refractivity contribution >= 4 is 19.7 Å². The highest BCUT2D eigenvalue weighted by Crippen LogP contribution is 2.42. The first-order valence-electron chi connectivity index (χ1n) is 9.10. The number of nitrogens with zero attached hydrogens (tertiary/aromatic N) is 2. The number of ketones is 1. The van der Waals surface area contributed by atoms with Crippen molar-refractivity contribution < 1.29 is 9.72 Å². The number of rotatable bonds is 7. The molecule has 0 saturated heterocycles. The van der Waals surface area contributed by atoms with Gasteiger partial charge in [0.2, 0.25) is 0 Å². The average molecular weight is 373 g/mol. The van der Waals surface area contributed by atoms with E-state index in [9.17, 15) is 14.9 Å². The van der Waals surface area contributed by atoms with Gasteiger partial charge in [0.15, 0.2) is 14.0 Å². The van der Waals surface area contributed by atoms with Gasteiger partial charge < -0.3 is 4.23 Å². The summed E-state index contributed by atoms with van der Waals surface area (Å²) < 4.78 is 2.33. The highest BCUT2D eigenvalue weighted by atomic mass is 28.3. The molecule has 0 aliphatic rings. The average Bonchev–Trinajstić information content (AvgIpc) is 3.03. The van der Waals surface area contributed by atoms with Crippen molar-refractivity contribution in [2.45, 2.75) is 58.2 Å². The molecule has 0 fully saturated rings. The number of nitro groups is 1. The minimum Gasteiger partial charge on any atom is -0.379 e. The normalized spacial score (nSPS) is 12.2. The number of carbonyl (C=O) groups excluding carboxylic acids is 1. The molecule has 0 bridgehead atoms. The monoisotopic (exact) mass is 372 g/mol. The molecule has 0 N–H and O–H groups in total. The van der Waals surface area contributed by atoms with Gasteiger partial charge >= 0.3 is 0 Å². The third-order valence-corrected chi connectivity index (χ3v) is 12.2. The van der Waals surface area contributed by atoms with E-state index in [0.29, 0.717) is 27.8 Å². The summed E-state index contributed by atoms with van der Waals surface area (Å²) in [7, 11) is -1.88. The summed E-state index contributed by atoms with van der Waals surface area (Å²) in [4.78, 5) is 23.1. The van der Waals surface area contributed by atoms with E-state index < -0.39 is 13.2 Å². The van der Waals surface area contributed by atoms with Gasteiger partial charge in [-0.25, -0.2) is 0 Å². The fourth-order valence-electron chi connectivity index (χ4n) is 4.57. The molecular weight excluding hydrogens is 344 g/mol. The molecule has 1 aromatic heterocycles. The van der Waals surface area contributed by atoms with Crippen molar-refractivity contribution in [2.75, 3.05) is 0 Å². The molecule has 1 heterocycles. The Labute approximate surface area is 156 Å². The second-order valence-corrected chi connectivity index (χ2v) is 13.5. The number of non-ortho nitro benzene ring substituents is 1. The van der Waals surface area contributed by atoms with Gasteiger partial charge in [-0.1, -0.05) is 41.5 Å². The van der Waals surface area contributed by atoms with Crippen LogP contribution in [0, 0.1) is 10.1 Å². The van der Waals surface area contributed by atoms with E-state index in [4.69, 9.17) is 0 Å². The molecule has 0 aliphatic carbocycles. The van der Waals surface area contributed by atoms with Crippen LogP contribution in [0.5, 0.6) is 0 Å². The minimum absolute atomic E-state index is 0.00929. The molecule has 0 atom stereocenters. The maximum atomic E-state index is 12.8. The zero-order valence-corrected chi connectivity index (χ0v) is 17.4. The summed E-state index contributed by atoms with van der Waals surface area (Å²) in [6.45, 7) is 13.7. The lowest BCUT2D eigenvalue weighted by molar-refractivity contribution is -0.384. The second kappa shape index (κ2) is 7.58. The molecule has 140 valence electrons. The Morgan fingerprint density at radius 1 is 0.923 bits per heavy atom. The molecule has 1 aromatic carbocycles. The lowest BCUT2D eigenvalue weighted by atomic mass is 10.1. The van der Waals surface area contributed by atoms with Crippen molar-refractivity contribution in [3.05, 3.63) is 64.0 Å². The highest BCUT2D eigenvalue weighted by Gasteiger charge is 2.45. The molecule has 26 heavy (non-hydrogen) atoms. The van der Waals surface area contributed by atoms with Gasteiger partial charge in [0, 0.05) is 29.5 Å². The maximum absolute atomic E-state index is 12.8. The van der Waals surface area contributed by atoms with E-state index in [1.54, 1.807) is 0 Å². The molecule has 5 nitrogen and oxygen atoms in total. The van der Waals surface area contributed by atoms with Gasteiger partial charge in [-0.05, 0) is 41.0 Å². The number of carbonyl (C=O) groups is 1. The molecule has 2 aromatic rings. The third kappa shape index (κ3) is 3.38. The highest BCUT2D eigenvalue weighted by molar-refractivity contribution is 6.82. The summed E-state index contributed by atoms with van der Waals surface area (Å²) in [5.74, 6) is -0.0992. The summed E-state index contributed by atoms with van der Waals surface area (Å²) >= 11 is 0. The SMILES string of the molecule is CC(C)[Si](C(C)C)(C(C)C)n1ccc(C(=O)c2ccc([N+](=O)[O-])cc2)c1. The van der Waals surface area contributed by atoms with E-state index in [2.05, 4.69) is 45.8 Å². The van der Waals surface area contributed by atoms with Crippen molar-refractivity contribution in [2.24, 2.45) is 0 Å². The number of hydrogen-bond donors (Lipinski definition) is 0.